The highest BCUT2D eigenvalue weighted by Crippen LogP contribution is 2.26. The van der Waals surface area contributed by atoms with Crippen LogP contribution in [-0.2, 0) is 0 Å². The maximum Gasteiger partial charge on any atom is 0.266 e. The van der Waals surface area contributed by atoms with E-state index in [0.29, 0.717) is 32.5 Å². The molecule has 0 N–H and O–H groups in total. The number of hydrogen-bond donors (Lipinski definition) is 0. The Bertz CT molecular complexity index is 1360. The van der Waals surface area contributed by atoms with Gasteiger partial charge in [-0.1, -0.05) is 41.4 Å². The van der Waals surface area contributed by atoms with Crippen molar-refractivity contribution in [3.63, 3.8) is 0 Å². The largest absolute Gasteiger partial charge is 0.378 e. The van der Waals surface area contributed by atoms with E-state index in [-0.39, 0.29) is 5.56 Å². The normalized spacial score (nSPS) is 11.4. The number of anilines is 1. The van der Waals surface area contributed by atoms with E-state index in [1.165, 1.54) is 4.57 Å². The lowest BCUT2D eigenvalue weighted by Gasteiger charge is -2.13. The highest BCUT2D eigenvalue weighted by Gasteiger charge is 2.14. The number of fused-ring (bicyclic) bond motifs is 1. The van der Waals surface area contributed by atoms with Crippen molar-refractivity contribution in [3.05, 3.63) is 96.0 Å². The van der Waals surface area contributed by atoms with Crippen LogP contribution in [0.25, 0.3) is 28.7 Å². The number of nitrogens with zero attached hydrogens (tertiary/aromatic N) is 3. The van der Waals surface area contributed by atoms with Gasteiger partial charge in [-0.3, -0.25) is 9.36 Å². The van der Waals surface area contributed by atoms with Gasteiger partial charge >= 0.3 is 0 Å². The summed E-state index contributed by atoms with van der Waals surface area (Å²) in [6.45, 7) is 0. The van der Waals surface area contributed by atoms with E-state index in [9.17, 15) is 4.79 Å². The summed E-state index contributed by atoms with van der Waals surface area (Å²) in [7, 11) is 4.00. The second kappa shape index (κ2) is 9.02. The zero-order chi connectivity index (χ0) is 22.1. The lowest BCUT2D eigenvalue weighted by atomic mass is 10.1. The maximum absolute atomic E-state index is 13.5. The zero-order valence-corrected chi connectivity index (χ0v) is 20.5. The summed E-state index contributed by atoms with van der Waals surface area (Å²) in [5.41, 5.74) is 3.09. The third-order valence-electron chi connectivity index (χ3n) is 4.84. The van der Waals surface area contributed by atoms with Gasteiger partial charge in [0.25, 0.3) is 5.56 Å². The van der Waals surface area contributed by atoms with Gasteiger partial charge in [0.15, 0.2) is 0 Å². The Morgan fingerprint density at radius 2 is 1.71 bits per heavy atom. The molecule has 4 aromatic rings. The molecule has 0 spiro atoms. The summed E-state index contributed by atoms with van der Waals surface area (Å²) >= 11 is 14.7. The predicted octanol–water partition coefficient (Wildman–Crippen LogP) is 6.53. The van der Waals surface area contributed by atoms with Crippen LogP contribution >= 0.6 is 45.8 Å². The fraction of sp³-hybridized carbons (Fsp3) is 0.0833. The monoisotopic (exact) mass is 561 g/mol. The Morgan fingerprint density at radius 1 is 0.968 bits per heavy atom. The van der Waals surface area contributed by atoms with Gasteiger partial charge in [0.1, 0.15) is 5.82 Å². The Balaban J connectivity index is 1.90. The van der Waals surface area contributed by atoms with Crippen molar-refractivity contribution >= 4 is 74.5 Å². The minimum Gasteiger partial charge on any atom is -0.378 e. The van der Waals surface area contributed by atoms with E-state index in [0.717, 1.165) is 14.8 Å². The number of hydrogen-bond acceptors (Lipinski definition) is 3. The Hall–Kier alpha value is -2.35. The number of aromatic nitrogens is 2. The first-order valence-corrected chi connectivity index (χ1v) is 11.3. The molecule has 0 bridgehead atoms. The zero-order valence-electron chi connectivity index (χ0n) is 16.8. The van der Waals surface area contributed by atoms with Crippen LogP contribution in [0.1, 0.15) is 11.4 Å². The van der Waals surface area contributed by atoms with Crippen LogP contribution in [0.4, 0.5) is 5.69 Å². The van der Waals surface area contributed by atoms with Gasteiger partial charge in [0, 0.05) is 28.4 Å². The quantitative estimate of drug-likeness (QED) is 0.266. The van der Waals surface area contributed by atoms with Crippen LogP contribution in [0.3, 0.4) is 0 Å². The topological polar surface area (TPSA) is 38.1 Å². The number of benzene rings is 3. The summed E-state index contributed by atoms with van der Waals surface area (Å²) in [5, 5.41) is 1.42. The van der Waals surface area contributed by atoms with E-state index >= 15 is 0 Å². The Morgan fingerprint density at radius 3 is 2.39 bits per heavy atom. The molecule has 0 aliphatic carbocycles. The van der Waals surface area contributed by atoms with Gasteiger partial charge in [-0.15, -0.1) is 0 Å². The van der Waals surface area contributed by atoms with Gasteiger partial charge in [-0.25, -0.2) is 4.98 Å². The molecule has 31 heavy (non-hydrogen) atoms. The van der Waals surface area contributed by atoms with E-state index < -0.39 is 0 Å². The second-order valence-corrected chi connectivity index (χ2v) is 9.28. The van der Waals surface area contributed by atoms with Gasteiger partial charge in [0.2, 0.25) is 0 Å². The number of rotatable bonds is 4. The molecule has 0 aliphatic rings. The van der Waals surface area contributed by atoms with Crippen LogP contribution < -0.4 is 10.5 Å². The van der Waals surface area contributed by atoms with Gasteiger partial charge < -0.3 is 4.90 Å². The van der Waals surface area contributed by atoms with E-state index in [1.807, 2.05) is 73.6 Å². The van der Waals surface area contributed by atoms with Gasteiger partial charge in [-0.05, 0) is 82.8 Å². The summed E-state index contributed by atoms with van der Waals surface area (Å²) < 4.78 is 2.49. The van der Waals surface area contributed by atoms with E-state index in [2.05, 4.69) is 22.6 Å². The SMILES string of the molecule is CN(C)c1ccc(C=Cc2nc3ccc(I)cc3c(=O)n2-c2ccc(Cl)cc2Cl)cc1. The van der Waals surface area contributed by atoms with Crippen molar-refractivity contribution in [2.45, 2.75) is 0 Å². The van der Waals surface area contributed by atoms with Crippen molar-refractivity contribution in [2.75, 3.05) is 19.0 Å². The fourth-order valence-electron chi connectivity index (χ4n) is 3.24. The molecule has 0 saturated heterocycles. The maximum atomic E-state index is 13.5. The van der Waals surface area contributed by atoms with Crippen molar-refractivity contribution in [1.29, 1.82) is 0 Å². The average Bonchev–Trinajstić information content (AvgIpc) is 2.74. The van der Waals surface area contributed by atoms with E-state index in [4.69, 9.17) is 28.2 Å². The molecule has 0 amide bonds. The molecule has 7 heteroatoms. The fourth-order valence-corrected chi connectivity index (χ4v) is 4.22. The first kappa shape index (κ1) is 21.9. The van der Waals surface area contributed by atoms with Gasteiger partial charge in [0.05, 0.1) is 21.6 Å². The van der Waals surface area contributed by atoms with Crippen molar-refractivity contribution in [1.82, 2.24) is 9.55 Å². The molecule has 1 heterocycles. The summed E-state index contributed by atoms with van der Waals surface area (Å²) in [5.74, 6) is 0.486. The minimum atomic E-state index is -0.185. The Kier molecular flexibility index (Phi) is 6.36. The van der Waals surface area contributed by atoms with Crippen LogP contribution in [0, 0.1) is 3.57 Å². The standard InChI is InChI=1S/C24H18Cl2IN3O/c1-29(2)18-8-3-15(4-9-18)5-12-23-28-21-10-7-17(27)14-19(21)24(31)30(23)22-11-6-16(25)13-20(22)26/h3-14H,1-2H3. The molecule has 4 nitrogen and oxygen atoms in total. The molecule has 156 valence electrons. The van der Waals surface area contributed by atoms with E-state index in [1.54, 1.807) is 18.2 Å². The molecule has 0 aliphatic heterocycles. The smallest absolute Gasteiger partial charge is 0.266 e. The highest BCUT2D eigenvalue weighted by atomic mass is 127. The van der Waals surface area contributed by atoms with Crippen LogP contribution in [-0.4, -0.2) is 23.6 Å². The number of halogens is 3. The molecule has 0 radical (unpaired) electrons. The first-order chi connectivity index (χ1) is 14.8. The molecule has 0 saturated carbocycles. The Labute approximate surface area is 203 Å². The predicted molar refractivity (Wildman–Crippen MR) is 140 cm³/mol. The summed E-state index contributed by atoms with van der Waals surface area (Å²) in [6, 6.07) is 18.8. The molecular weight excluding hydrogens is 544 g/mol. The first-order valence-electron chi connectivity index (χ1n) is 9.47. The highest BCUT2D eigenvalue weighted by molar-refractivity contribution is 14.1. The van der Waals surface area contributed by atoms with Crippen LogP contribution in [0.2, 0.25) is 10.0 Å². The van der Waals surface area contributed by atoms with Crippen molar-refractivity contribution < 1.29 is 0 Å². The minimum absolute atomic E-state index is 0.185. The lowest BCUT2D eigenvalue weighted by Crippen LogP contribution is -2.22. The summed E-state index contributed by atoms with van der Waals surface area (Å²) in [6.07, 6.45) is 3.76. The molecule has 0 unspecified atom stereocenters. The van der Waals surface area contributed by atoms with Crippen LogP contribution in [0.15, 0.2) is 65.5 Å². The molecule has 3 aromatic carbocycles. The molecule has 0 atom stereocenters. The molecular formula is C24H18Cl2IN3O. The van der Waals surface area contributed by atoms with Gasteiger partial charge in [-0.2, -0.15) is 0 Å². The van der Waals surface area contributed by atoms with Crippen LogP contribution in [0.5, 0.6) is 0 Å². The van der Waals surface area contributed by atoms with Crippen molar-refractivity contribution in [3.8, 4) is 5.69 Å². The average molecular weight is 562 g/mol. The second-order valence-electron chi connectivity index (χ2n) is 7.19. The molecule has 1 aromatic heterocycles. The molecule has 0 fully saturated rings. The molecule has 4 rings (SSSR count). The lowest BCUT2D eigenvalue weighted by molar-refractivity contribution is 0.944. The van der Waals surface area contributed by atoms with Crippen molar-refractivity contribution in [2.24, 2.45) is 0 Å². The summed E-state index contributed by atoms with van der Waals surface area (Å²) in [4.78, 5) is 20.3. The third kappa shape index (κ3) is 4.63. The third-order valence-corrected chi connectivity index (χ3v) is 6.05.